The minimum atomic E-state index is -0.283. The Morgan fingerprint density at radius 3 is 2.87 bits per heavy atom. The van der Waals surface area contributed by atoms with Crippen LogP contribution in [0.3, 0.4) is 0 Å². The maximum absolute atomic E-state index is 14.4. The van der Waals surface area contributed by atoms with Gasteiger partial charge in [-0.15, -0.1) is 0 Å². The van der Waals surface area contributed by atoms with Crippen molar-refractivity contribution >= 4 is 11.5 Å². The Morgan fingerprint density at radius 2 is 2.16 bits per heavy atom. The minimum Gasteiger partial charge on any atom is -0.423 e. The molecule has 0 unspecified atom stereocenters. The fourth-order valence-electron chi connectivity index (χ4n) is 4.95. The summed E-state index contributed by atoms with van der Waals surface area (Å²) >= 11 is 0. The van der Waals surface area contributed by atoms with Gasteiger partial charge in [-0.3, -0.25) is 4.98 Å². The highest BCUT2D eigenvalue weighted by atomic mass is 19.1. The molecule has 1 atom stereocenters. The average Bonchev–Trinajstić information content (AvgIpc) is 3.35. The van der Waals surface area contributed by atoms with Crippen LogP contribution in [0.25, 0.3) is 11.1 Å². The van der Waals surface area contributed by atoms with Crippen molar-refractivity contribution in [1.29, 1.82) is 0 Å². The molecule has 2 aliphatic carbocycles. The van der Waals surface area contributed by atoms with Gasteiger partial charge in [-0.1, -0.05) is 0 Å². The van der Waals surface area contributed by atoms with E-state index in [9.17, 15) is 4.39 Å². The summed E-state index contributed by atoms with van der Waals surface area (Å²) < 4.78 is 20.4. The normalized spacial score (nSPS) is 20.0. The molecule has 0 amide bonds. The third kappa shape index (κ3) is 2.93. The number of fused-ring (bicyclic) bond motifs is 3. The minimum absolute atomic E-state index is 0.113. The topological polar surface area (TPSA) is 89.2 Å². The third-order valence-corrected chi connectivity index (χ3v) is 6.79. The molecule has 3 aliphatic rings. The number of anilines is 2. The lowest BCUT2D eigenvalue weighted by Gasteiger charge is -2.21. The first-order valence-electron chi connectivity index (χ1n) is 10.6. The van der Waals surface area contributed by atoms with E-state index < -0.39 is 0 Å². The second-order valence-corrected chi connectivity index (χ2v) is 8.70. The molecule has 8 heteroatoms. The van der Waals surface area contributed by atoms with Crippen LogP contribution in [-0.2, 0) is 6.42 Å². The van der Waals surface area contributed by atoms with Crippen molar-refractivity contribution in [2.75, 3.05) is 30.4 Å². The van der Waals surface area contributed by atoms with E-state index in [1.165, 1.54) is 6.07 Å². The molecule has 0 bridgehead atoms. The van der Waals surface area contributed by atoms with Crippen LogP contribution in [0.15, 0.2) is 36.7 Å². The van der Waals surface area contributed by atoms with Crippen LogP contribution in [0, 0.1) is 11.2 Å². The first-order valence-corrected chi connectivity index (χ1v) is 10.6. The summed E-state index contributed by atoms with van der Waals surface area (Å²) in [5, 5.41) is 3.12. The molecule has 6 rings (SSSR count). The molecule has 1 aliphatic heterocycles. The fourth-order valence-corrected chi connectivity index (χ4v) is 4.95. The van der Waals surface area contributed by atoms with E-state index in [1.807, 2.05) is 6.07 Å². The van der Waals surface area contributed by atoms with E-state index in [1.54, 1.807) is 31.6 Å². The molecule has 0 radical (unpaired) electrons. The van der Waals surface area contributed by atoms with Gasteiger partial charge in [-0.05, 0) is 48.2 Å². The standard InChI is InChI=1S/C23H23FN6O/c1-26-17-8-13(24)7-16-15(17)9-18-20(16)21(30-11-19(25)23(12-30)4-5-23)29-22(28-18)31-14-3-2-6-27-10-14/h2-3,6-8,10,19,26H,4-5,9,11-12,25H2,1H3/t19-/m0/s1. The Labute approximate surface area is 179 Å². The zero-order valence-electron chi connectivity index (χ0n) is 17.2. The van der Waals surface area contributed by atoms with Gasteiger partial charge < -0.3 is 20.7 Å². The van der Waals surface area contributed by atoms with Crippen molar-refractivity contribution in [3.8, 4) is 22.9 Å². The van der Waals surface area contributed by atoms with Gasteiger partial charge in [0.25, 0.3) is 0 Å². The number of rotatable bonds is 4. The predicted molar refractivity (Wildman–Crippen MR) is 116 cm³/mol. The van der Waals surface area contributed by atoms with Crippen LogP contribution in [-0.4, -0.2) is 41.1 Å². The molecule has 2 aromatic heterocycles. The van der Waals surface area contributed by atoms with E-state index >= 15 is 0 Å². The van der Waals surface area contributed by atoms with Crippen molar-refractivity contribution in [3.63, 3.8) is 0 Å². The molecule has 1 saturated carbocycles. The molecule has 1 aromatic carbocycles. The zero-order chi connectivity index (χ0) is 21.2. The summed E-state index contributed by atoms with van der Waals surface area (Å²) in [7, 11) is 1.80. The van der Waals surface area contributed by atoms with Gasteiger partial charge in [0.1, 0.15) is 17.4 Å². The number of benzene rings is 1. The van der Waals surface area contributed by atoms with Crippen LogP contribution >= 0.6 is 0 Å². The van der Waals surface area contributed by atoms with Gasteiger partial charge in [0.2, 0.25) is 0 Å². The smallest absolute Gasteiger partial charge is 0.324 e. The van der Waals surface area contributed by atoms with Crippen LogP contribution in [0.4, 0.5) is 15.9 Å². The number of nitrogens with zero attached hydrogens (tertiary/aromatic N) is 4. The van der Waals surface area contributed by atoms with Crippen LogP contribution < -0.4 is 20.7 Å². The highest BCUT2D eigenvalue weighted by molar-refractivity contribution is 5.88. The van der Waals surface area contributed by atoms with E-state index in [-0.39, 0.29) is 23.3 Å². The lowest BCUT2D eigenvalue weighted by Crippen LogP contribution is -2.30. The molecule has 1 saturated heterocycles. The summed E-state index contributed by atoms with van der Waals surface area (Å²) in [6, 6.07) is 7.11. The number of hydrogen-bond acceptors (Lipinski definition) is 7. The predicted octanol–water partition coefficient (Wildman–Crippen LogP) is 3.34. The molecule has 158 valence electrons. The highest BCUT2D eigenvalue weighted by Gasteiger charge is 2.54. The van der Waals surface area contributed by atoms with Crippen LogP contribution in [0.5, 0.6) is 11.8 Å². The Morgan fingerprint density at radius 1 is 1.29 bits per heavy atom. The molecule has 7 nitrogen and oxygen atoms in total. The molecule has 3 aromatic rings. The van der Waals surface area contributed by atoms with Crippen LogP contribution in [0.2, 0.25) is 0 Å². The van der Waals surface area contributed by atoms with E-state index in [0.29, 0.717) is 12.2 Å². The van der Waals surface area contributed by atoms with E-state index in [0.717, 1.165) is 59.8 Å². The second kappa shape index (κ2) is 6.62. The van der Waals surface area contributed by atoms with Crippen molar-refractivity contribution in [2.24, 2.45) is 11.1 Å². The lowest BCUT2D eigenvalue weighted by atomic mass is 10.0. The maximum atomic E-state index is 14.4. The number of nitrogens with one attached hydrogen (secondary N) is 1. The maximum Gasteiger partial charge on any atom is 0.324 e. The Kier molecular flexibility index (Phi) is 3.95. The fraction of sp³-hybridized carbons (Fsp3) is 0.348. The first-order chi connectivity index (χ1) is 15.1. The SMILES string of the molecule is CNc1cc(F)cc2c1Cc1nc(Oc3cccnc3)nc(N3C[C@H](N)C4(CC4)C3)c1-2. The average molecular weight is 418 g/mol. The van der Waals surface area contributed by atoms with E-state index in [4.69, 9.17) is 20.4 Å². The number of halogens is 1. The third-order valence-electron chi connectivity index (χ3n) is 6.79. The van der Waals surface area contributed by atoms with Gasteiger partial charge >= 0.3 is 6.01 Å². The van der Waals surface area contributed by atoms with Gasteiger partial charge in [-0.2, -0.15) is 9.97 Å². The van der Waals surface area contributed by atoms with Crippen molar-refractivity contribution in [2.45, 2.75) is 25.3 Å². The van der Waals surface area contributed by atoms with E-state index in [2.05, 4.69) is 15.2 Å². The van der Waals surface area contributed by atoms with Gasteiger partial charge in [-0.25, -0.2) is 4.39 Å². The van der Waals surface area contributed by atoms with Crippen molar-refractivity contribution < 1.29 is 9.13 Å². The summed E-state index contributed by atoms with van der Waals surface area (Å²) in [5.41, 5.74) is 11.0. The van der Waals surface area contributed by atoms with Crippen molar-refractivity contribution in [1.82, 2.24) is 15.0 Å². The Hall–Kier alpha value is -3.26. The number of nitrogens with two attached hydrogens (primary N) is 1. The lowest BCUT2D eigenvalue weighted by molar-refractivity contribution is 0.438. The molecule has 2 fully saturated rings. The monoisotopic (exact) mass is 418 g/mol. The van der Waals surface area contributed by atoms with Gasteiger partial charge in [0.05, 0.1) is 11.9 Å². The molecule has 31 heavy (non-hydrogen) atoms. The number of pyridine rings is 1. The highest BCUT2D eigenvalue weighted by Crippen LogP contribution is 2.54. The Balaban J connectivity index is 1.49. The summed E-state index contributed by atoms with van der Waals surface area (Å²) in [6.45, 7) is 1.58. The molecular weight excluding hydrogens is 395 g/mol. The molecule has 3 heterocycles. The molecule has 1 spiro atoms. The number of hydrogen-bond donors (Lipinski definition) is 2. The van der Waals surface area contributed by atoms with Crippen molar-refractivity contribution in [3.05, 3.63) is 53.7 Å². The van der Waals surface area contributed by atoms with Gasteiger partial charge in [0.15, 0.2) is 0 Å². The quantitative estimate of drug-likeness (QED) is 0.525. The first kappa shape index (κ1) is 18.5. The number of ether oxygens (including phenoxy) is 1. The number of aromatic nitrogens is 3. The zero-order valence-corrected chi connectivity index (χ0v) is 17.2. The molecule has 3 N–H and O–H groups in total. The summed E-state index contributed by atoms with van der Waals surface area (Å²) in [6.07, 6.45) is 6.20. The second-order valence-electron chi connectivity index (χ2n) is 8.70. The molecular formula is C23H23FN6O. The summed E-state index contributed by atoms with van der Waals surface area (Å²) in [5.74, 6) is 1.06. The largest absolute Gasteiger partial charge is 0.423 e. The van der Waals surface area contributed by atoms with Crippen LogP contribution in [0.1, 0.15) is 24.1 Å². The summed E-state index contributed by atoms with van der Waals surface area (Å²) in [4.78, 5) is 15.8. The van der Waals surface area contributed by atoms with Gasteiger partial charge in [0, 0.05) is 55.5 Å². The Bertz CT molecular complexity index is 1180.